The number of aliphatic hydroxyl groups excluding tert-OH is 1. The molecule has 0 spiro atoms. The standard InChI is InChI=1S/C18H24N2O3/c21-17-3-1-2-16(17)19-6-8-20(9-7-19)18(22)13-4-5-14-11-23-12-15(14)10-13/h4-5,10,16-17,21H,1-3,6-9,11-12H2. The predicted octanol–water partition coefficient (Wildman–Crippen LogP) is 1.39. The van der Waals surface area contributed by atoms with Crippen molar-refractivity contribution in [1.29, 1.82) is 0 Å². The Balaban J connectivity index is 1.39. The van der Waals surface area contributed by atoms with Crippen molar-refractivity contribution >= 4 is 5.91 Å². The van der Waals surface area contributed by atoms with Gasteiger partial charge in [-0.3, -0.25) is 9.69 Å². The van der Waals surface area contributed by atoms with Crippen molar-refractivity contribution < 1.29 is 14.6 Å². The minimum atomic E-state index is -0.186. The van der Waals surface area contributed by atoms with Gasteiger partial charge in [-0.15, -0.1) is 0 Å². The number of fused-ring (bicyclic) bond motifs is 1. The number of rotatable bonds is 2. The molecule has 3 aliphatic rings. The molecule has 2 atom stereocenters. The molecular formula is C18H24N2O3. The van der Waals surface area contributed by atoms with Gasteiger partial charge in [-0.1, -0.05) is 6.07 Å². The molecule has 1 aromatic carbocycles. The van der Waals surface area contributed by atoms with E-state index < -0.39 is 0 Å². The zero-order valence-electron chi connectivity index (χ0n) is 13.4. The average molecular weight is 316 g/mol. The van der Waals surface area contributed by atoms with Gasteiger partial charge in [0, 0.05) is 37.8 Å². The Kier molecular flexibility index (Phi) is 4.09. The Morgan fingerprint density at radius 2 is 1.87 bits per heavy atom. The second-order valence-electron chi connectivity index (χ2n) is 6.87. The summed E-state index contributed by atoms with van der Waals surface area (Å²) in [6.45, 7) is 4.49. The molecule has 2 aliphatic heterocycles. The molecule has 0 radical (unpaired) electrons. The number of aliphatic hydroxyl groups is 1. The highest BCUT2D eigenvalue weighted by molar-refractivity contribution is 5.94. The number of hydrogen-bond donors (Lipinski definition) is 1. The zero-order valence-corrected chi connectivity index (χ0v) is 13.4. The average Bonchev–Trinajstić information content (AvgIpc) is 3.22. The van der Waals surface area contributed by atoms with Gasteiger partial charge in [-0.05, 0) is 42.5 Å². The highest BCUT2D eigenvalue weighted by atomic mass is 16.5. The molecule has 124 valence electrons. The van der Waals surface area contributed by atoms with Crippen molar-refractivity contribution in [2.24, 2.45) is 0 Å². The van der Waals surface area contributed by atoms with Crippen molar-refractivity contribution in [1.82, 2.24) is 9.80 Å². The van der Waals surface area contributed by atoms with Crippen molar-refractivity contribution in [2.75, 3.05) is 26.2 Å². The van der Waals surface area contributed by atoms with Crippen LogP contribution < -0.4 is 0 Å². The fourth-order valence-corrected chi connectivity index (χ4v) is 4.09. The van der Waals surface area contributed by atoms with Crippen LogP contribution in [0.4, 0.5) is 0 Å². The van der Waals surface area contributed by atoms with Crippen molar-refractivity contribution in [2.45, 2.75) is 44.6 Å². The van der Waals surface area contributed by atoms with Gasteiger partial charge in [0.1, 0.15) is 0 Å². The van der Waals surface area contributed by atoms with E-state index in [0.717, 1.165) is 56.6 Å². The Morgan fingerprint density at radius 3 is 2.61 bits per heavy atom. The Labute approximate surface area is 136 Å². The first kappa shape index (κ1) is 15.1. The van der Waals surface area contributed by atoms with E-state index in [1.54, 1.807) is 0 Å². The van der Waals surface area contributed by atoms with Crippen LogP contribution in [-0.4, -0.2) is 59.1 Å². The van der Waals surface area contributed by atoms with Crippen LogP contribution in [0.2, 0.25) is 0 Å². The third kappa shape index (κ3) is 2.89. The van der Waals surface area contributed by atoms with Gasteiger partial charge in [-0.2, -0.15) is 0 Å². The number of carbonyl (C=O) groups is 1. The Bertz CT molecular complexity index is 596. The second kappa shape index (κ2) is 6.23. The van der Waals surface area contributed by atoms with Crippen molar-refractivity contribution in [3.8, 4) is 0 Å². The molecule has 23 heavy (non-hydrogen) atoms. The normalized spacial score (nSPS) is 28.1. The molecule has 1 amide bonds. The van der Waals surface area contributed by atoms with Gasteiger partial charge in [0.25, 0.3) is 5.91 Å². The van der Waals surface area contributed by atoms with E-state index in [2.05, 4.69) is 4.90 Å². The van der Waals surface area contributed by atoms with Gasteiger partial charge in [0.2, 0.25) is 0 Å². The van der Waals surface area contributed by atoms with Crippen molar-refractivity contribution in [3.05, 3.63) is 34.9 Å². The largest absolute Gasteiger partial charge is 0.391 e. The number of nitrogens with zero attached hydrogens (tertiary/aromatic N) is 2. The summed E-state index contributed by atoms with van der Waals surface area (Å²) in [6, 6.07) is 6.21. The summed E-state index contributed by atoms with van der Waals surface area (Å²) in [6.07, 6.45) is 2.93. The first-order chi connectivity index (χ1) is 11.2. The van der Waals surface area contributed by atoms with E-state index in [-0.39, 0.29) is 12.0 Å². The lowest BCUT2D eigenvalue weighted by atomic mass is 10.0. The number of amides is 1. The smallest absolute Gasteiger partial charge is 0.253 e. The van der Waals surface area contributed by atoms with Crippen LogP contribution in [0.15, 0.2) is 18.2 Å². The van der Waals surface area contributed by atoms with Crippen LogP contribution in [0.3, 0.4) is 0 Å². The number of benzene rings is 1. The van der Waals surface area contributed by atoms with Crippen LogP contribution in [-0.2, 0) is 18.0 Å². The second-order valence-corrected chi connectivity index (χ2v) is 6.87. The molecule has 0 bridgehead atoms. The summed E-state index contributed by atoms with van der Waals surface area (Å²) in [4.78, 5) is 17.0. The van der Waals surface area contributed by atoms with Crippen LogP contribution >= 0.6 is 0 Å². The molecule has 1 N–H and O–H groups in total. The SMILES string of the molecule is O=C(c1ccc2c(c1)COC2)N1CCN(C2CCCC2O)CC1. The third-order valence-corrected chi connectivity index (χ3v) is 5.48. The van der Waals surface area contributed by atoms with Crippen LogP contribution in [0.25, 0.3) is 0 Å². The molecule has 2 heterocycles. The van der Waals surface area contributed by atoms with Gasteiger partial charge >= 0.3 is 0 Å². The molecule has 2 unspecified atom stereocenters. The monoisotopic (exact) mass is 316 g/mol. The topological polar surface area (TPSA) is 53.0 Å². The molecule has 1 saturated heterocycles. The molecule has 0 aromatic heterocycles. The Hall–Kier alpha value is -1.43. The summed E-state index contributed by atoms with van der Waals surface area (Å²) in [5.74, 6) is 0.117. The number of carbonyl (C=O) groups excluding carboxylic acids is 1. The minimum Gasteiger partial charge on any atom is -0.391 e. The summed E-state index contributed by atoms with van der Waals surface area (Å²) >= 11 is 0. The molecule has 1 saturated carbocycles. The minimum absolute atomic E-state index is 0.117. The van der Waals surface area contributed by atoms with Crippen LogP contribution in [0.5, 0.6) is 0 Å². The highest BCUT2D eigenvalue weighted by Crippen LogP contribution is 2.26. The maximum absolute atomic E-state index is 12.7. The van der Waals surface area contributed by atoms with Crippen molar-refractivity contribution in [3.63, 3.8) is 0 Å². The lowest BCUT2D eigenvalue weighted by molar-refractivity contribution is 0.0315. The molecule has 5 heteroatoms. The van der Waals surface area contributed by atoms with Gasteiger partial charge < -0.3 is 14.7 Å². The van der Waals surface area contributed by atoms with Gasteiger partial charge in [0.15, 0.2) is 0 Å². The fraction of sp³-hybridized carbons (Fsp3) is 0.611. The van der Waals surface area contributed by atoms with Gasteiger partial charge in [-0.25, -0.2) is 0 Å². The van der Waals surface area contributed by atoms with E-state index in [9.17, 15) is 9.90 Å². The van der Waals surface area contributed by atoms with E-state index in [4.69, 9.17) is 4.74 Å². The quantitative estimate of drug-likeness (QED) is 0.896. The maximum atomic E-state index is 12.7. The first-order valence-electron chi connectivity index (χ1n) is 8.63. The molecule has 5 nitrogen and oxygen atoms in total. The summed E-state index contributed by atoms with van der Waals surface area (Å²) in [5, 5.41) is 10.0. The van der Waals surface area contributed by atoms with Gasteiger partial charge in [0.05, 0.1) is 19.3 Å². The van der Waals surface area contributed by atoms with Crippen LogP contribution in [0, 0.1) is 0 Å². The first-order valence-corrected chi connectivity index (χ1v) is 8.63. The summed E-state index contributed by atoms with van der Waals surface area (Å²) in [5.41, 5.74) is 3.11. The maximum Gasteiger partial charge on any atom is 0.253 e. The molecular weight excluding hydrogens is 292 g/mol. The van der Waals surface area contributed by atoms with E-state index >= 15 is 0 Å². The number of ether oxygens (including phenoxy) is 1. The highest BCUT2D eigenvalue weighted by Gasteiger charge is 2.33. The Morgan fingerprint density at radius 1 is 1.09 bits per heavy atom. The summed E-state index contributed by atoms with van der Waals surface area (Å²) in [7, 11) is 0. The lowest BCUT2D eigenvalue weighted by Crippen LogP contribution is -2.53. The third-order valence-electron chi connectivity index (χ3n) is 5.48. The van der Waals surface area contributed by atoms with E-state index in [0.29, 0.717) is 19.3 Å². The number of piperazine rings is 1. The molecule has 2 fully saturated rings. The number of hydrogen-bond acceptors (Lipinski definition) is 4. The predicted molar refractivity (Wildman–Crippen MR) is 86.1 cm³/mol. The molecule has 1 aliphatic carbocycles. The van der Waals surface area contributed by atoms with Crippen LogP contribution in [0.1, 0.15) is 40.7 Å². The zero-order chi connectivity index (χ0) is 15.8. The fourth-order valence-electron chi connectivity index (χ4n) is 4.09. The summed E-state index contributed by atoms with van der Waals surface area (Å²) < 4.78 is 5.42. The van der Waals surface area contributed by atoms with E-state index in [1.807, 2.05) is 23.1 Å². The molecule has 1 aromatic rings. The van der Waals surface area contributed by atoms with E-state index in [1.165, 1.54) is 5.56 Å². The lowest BCUT2D eigenvalue weighted by Gasteiger charge is -2.39. The molecule has 4 rings (SSSR count).